The van der Waals surface area contributed by atoms with E-state index in [1.807, 2.05) is 45.9 Å². The molecule has 0 saturated carbocycles. The first-order valence-corrected chi connectivity index (χ1v) is 12.0. The second kappa shape index (κ2) is 9.45. The highest BCUT2D eigenvalue weighted by molar-refractivity contribution is 7.99. The van der Waals surface area contributed by atoms with Crippen molar-refractivity contribution in [3.63, 3.8) is 0 Å². The molecular formula is C24H27ClN4OS. The highest BCUT2D eigenvalue weighted by Crippen LogP contribution is 2.31. The van der Waals surface area contributed by atoms with Crippen LogP contribution in [0.4, 0.5) is 0 Å². The number of hydrogen-bond donors (Lipinski definition) is 0. The van der Waals surface area contributed by atoms with Crippen LogP contribution in [-0.2, 0) is 4.79 Å². The van der Waals surface area contributed by atoms with E-state index in [9.17, 15) is 4.79 Å². The summed E-state index contributed by atoms with van der Waals surface area (Å²) in [5.41, 5.74) is 3.05. The molecule has 0 bridgehead atoms. The molecule has 31 heavy (non-hydrogen) atoms. The monoisotopic (exact) mass is 454 g/mol. The summed E-state index contributed by atoms with van der Waals surface area (Å²) in [4.78, 5) is 15.1. The molecule has 5 nitrogen and oxygen atoms in total. The number of carbonyl (C=O) groups excluding carboxylic acids is 1. The molecular weight excluding hydrogens is 428 g/mol. The number of piperidine rings is 1. The van der Waals surface area contributed by atoms with Crippen molar-refractivity contribution < 1.29 is 4.79 Å². The molecule has 1 aliphatic heterocycles. The number of amides is 1. The first-order chi connectivity index (χ1) is 15.0. The Morgan fingerprint density at radius 3 is 2.42 bits per heavy atom. The fraction of sp³-hybridized carbons (Fsp3) is 0.375. The van der Waals surface area contributed by atoms with E-state index in [2.05, 4.69) is 43.1 Å². The van der Waals surface area contributed by atoms with Crippen LogP contribution in [0.1, 0.15) is 38.7 Å². The van der Waals surface area contributed by atoms with E-state index in [0.29, 0.717) is 15.9 Å². The van der Waals surface area contributed by atoms with Crippen LogP contribution in [0.2, 0.25) is 5.02 Å². The predicted octanol–water partition coefficient (Wildman–Crippen LogP) is 5.78. The topological polar surface area (TPSA) is 51.0 Å². The normalized spacial score (nSPS) is 18.9. The third-order valence-corrected chi connectivity index (χ3v) is 7.06. The maximum atomic E-state index is 13.1. The molecule has 1 fully saturated rings. The number of hydrogen-bond acceptors (Lipinski definition) is 4. The Morgan fingerprint density at radius 1 is 1.06 bits per heavy atom. The predicted molar refractivity (Wildman–Crippen MR) is 127 cm³/mol. The molecule has 3 aromatic rings. The van der Waals surface area contributed by atoms with Crippen molar-refractivity contribution in [2.45, 2.75) is 57.3 Å². The standard InChI is InChI=1S/C24H27ClN4OS/c1-16-7-4-5-10-21(16)29-23(19-11-13-20(25)14-12-19)26-27-24(29)31-15-22(30)28-17(2)8-6-9-18(28)3/h4-5,7,10-14,17-18H,6,8-9,15H2,1-3H3/t17-,18-/m0/s1. The minimum absolute atomic E-state index is 0.164. The lowest BCUT2D eigenvalue weighted by atomic mass is 9.98. The van der Waals surface area contributed by atoms with E-state index < -0.39 is 0 Å². The second-order valence-electron chi connectivity index (χ2n) is 8.15. The Bertz CT molecular complexity index is 1060. The van der Waals surface area contributed by atoms with Gasteiger partial charge in [0.2, 0.25) is 5.91 Å². The molecule has 1 aromatic heterocycles. The molecule has 0 aliphatic carbocycles. The zero-order valence-corrected chi connectivity index (χ0v) is 19.7. The zero-order chi connectivity index (χ0) is 22.0. The smallest absolute Gasteiger partial charge is 0.233 e. The number of aromatic nitrogens is 3. The average molecular weight is 455 g/mol. The SMILES string of the molecule is Cc1ccccc1-n1c(SCC(=O)N2[C@@H](C)CCC[C@@H]2C)nnc1-c1ccc(Cl)cc1. The molecule has 0 radical (unpaired) electrons. The number of thioether (sulfide) groups is 1. The minimum Gasteiger partial charge on any atom is -0.337 e. The van der Waals surface area contributed by atoms with E-state index in [-0.39, 0.29) is 18.0 Å². The van der Waals surface area contributed by atoms with Crippen LogP contribution in [0.15, 0.2) is 53.7 Å². The van der Waals surface area contributed by atoms with Gasteiger partial charge in [0, 0.05) is 22.7 Å². The Kier molecular flexibility index (Phi) is 6.68. The third-order valence-electron chi connectivity index (χ3n) is 5.90. The lowest BCUT2D eigenvalue weighted by molar-refractivity contribution is -0.134. The molecule has 2 aromatic carbocycles. The minimum atomic E-state index is 0.164. The summed E-state index contributed by atoms with van der Waals surface area (Å²) < 4.78 is 2.04. The molecule has 1 amide bonds. The van der Waals surface area contributed by atoms with Crippen LogP contribution in [0.25, 0.3) is 17.1 Å². The zero-order valence-electron chi connectivity index (χ0n) is 18.1. The number of benzene rings is 2. The van der Waals surface area contributed by atoms with Crippen LogP contribution in [0.5, 0.6) is 0 Å². The molecule has 2 atom stereocenters. The van der Waals surface area contributed by atoms with Gasteiger partial charge in [0.15, 0.2) is 11.0 Å². The number of aryl methyl sites for hydroxylation is 1. The summed E-state index contributed by atoms with van der Waals surface area (Å²) in [5, 5.41) is 10.3. The summed E-state index contributed by atoms with van der Waals surface area (Å²) in [5.74, 6) is 1.25. The van der Waals surface area contributed by atoms with E-state index >= 15 is 0 Å². The lowest BCUT2D eigenvalue weighted by Crippen LogP contribution is -2.48. The molecule has 4 rings (SSSR count). The Morgan fingerprint density at radius 2 is 1.74 bits per heavy atom. The largest absolute Gasteiger partial charge is 0.337 e. The summed E-state index contributed by atoms with van der Waals surface area (Å²) in [6.07, 6.45) is 3.33. The second-order valence-corrected chi connectivity index (χ2v) is 9.53. The number of halogens is 1. The number of para-hydroxylation sites is 1. The van der Waals surface area contributed by atoms with Crippen molar-refractivity contribution in [2.75, 3.05) is 5.75 Å². The van der Waals surface area contributed by atoms with Crippen molar-refractivity contribution in [1.29, 1.82) is 0 Å². The fourth-order valence-electron chi connectivity index (χ4n) is 4.29. The van der Waals surface area contributed by atoms with Gasteiger partial charge < -0.3 is 4.90 Å². The maximum Gasteiger partial charge on any atom is 0.233 e. The molecule has 1 aliphatic rings. The molecule has 0 unspecified atom stereocenters. The van der Waals surface area contributed by atoms with E-state index in [4.69, 9.17) is 11.6 Å². The summed E-state index contributed by atoms with van der Waals surface area (Å²) >= 11 is 7.53. The Hall–Kier alpha value is -2.31. The Balaban J connectivity index is 1.66. The van der Waals surface area contributed by atoms with Gasteiger partial charge in [-0.05, 0) is 75.9 Å². The van der Waals surface area contributed by atoms with Crippen LogP contribution >= 0.6 is 23.4 Å². The van der Waals surface area contributed by atoms with Gasteiger partial charge in [0.1, 0.15) is 0 Å². The molecule has 162 valence electrons. The number of rotatable bonds is 5. The van der Waals surface area contributed by atoms with Crippen LogP contribution in [0.3, 0.4) is 0 Å². The molecule has 2 heterocycles. The summed E-state index contributed by atoms with van der Waals surface area (Å²) in [6, 6.07) is 16.3. The van der Waals surface area contributed by atoms with E-state index in [1.165, 1.54) is 18.2 Å². The van der Waals surface area contributed by atoms with Gasteiger partial charge in [-0.15, -0.1) is 10.2 Å². The summed E-state index contributed by atoms with van der Waals surface area (Å²) in [6.45, 7) is 6.36. The highest BCUT2D eigenvalue weighted by Gasteiger charge is 2.29. The number of carbonyl (C=O) groups is 1. The first kappa shape index (κ1) is 21.9. The van der Waals surface area contributed by atoms with Crippen LogP contribution in [-0.4, -0.2) is 43.4 Å². The van der Waals surface area contributed by atoms with Gasteiger partial charge in [0.25, 0.3) is 0 Å². The molecule has 0 N–H and O–H groups in total. The first-order valence-electron chi connectivity index (χ1n) is 10.7. The van der Waals surface area contributed by atoms with Crippen molar-refractivity contribution in [3.8, 4) is 17.1 Å². The molecule has 7 heteroatoms. The summed E-state index contributed by atoms with van der Waals surface area (Å²) in [7, 11) is 0. The Labute approximate surface area is 192 Å². The average Bonchev–Trinajstić information content (AvgIpc) is 3.16. The van der Waals surface area contributed by atoms with E-state index in [1.54, 1.807) is 0 Å². The van der Waals surface area contributed by atoms with Crippen LogP contribution < -0.4 is 0 Å². The number of nitrogens with zero attached hydrogens (tertiary/aromatic N) is 4. The molecule has 0 spiro atoms. The van der Waals surface area contributed by atoms with Crippen molar-refractivity contribution >= 4 is 29.3 Å². The van der Waals surface area contributed by atoms with Gasteiger partial charge in [-0.1, -0.05) is 41.6 Å². The quantitative estimate of drug-likeness (QED) is 0.458. The molecule has 1 saturated heterocycles. The van der Waals surface area contributed by atoms with Gasteiger partial charge in [0.05, 0.1) is 11.4 Å². The fourth-order valence-corrected chi connectivity index (χ4v) is 5.23. The maximum absolute atomic E-state index is 13.1. The van der Waals surface area contributed by atoms with Gasteiger partial charge in [-0.25, -0.2) is 0 Å². The van der Waals surface area contributed by atoms with Gasteiger partial charge in [-0.3, -0.25) is 9.36 Å². The third kappa shape index (κ3) is 4.65. The number of likely N-dealkylation sites (tertiary alicyclic amines) is 1. The van der Waals surface area contributed by atoms with Crippen LogP contribution in [0, 0.1) is 6.92 Å². The van der Waals surface area contributed by atoms with Gasteiger partial charge in [-0.2, -0.15) is 0 Å². The van der Waals surface area contributed by atoms with E-state index in [0.717, 1.165) is 35.5 Å². The highest BCUT2D eigenvalue weighted by atomic mass is 35.5. The van der Waals surface area contributed by atoms with Crippen molar-refractivity contribution in [2.24, 2.45) is 0 Å². The van der Waals surface area contributed by atoms with Crippen molar-refractivity contribution in [1.82, 2.24) is 19.7 Å². The lowest BCUT2D eigenvalue weighted by Gasteiger charge is -2.39. The van der Waals surface area contributed by atoms with Crippen molar-refractivity contribution in [3.05, 3.63) is 59.1 Å². The van der Waals surface area contributed by atoms with Gasteiger partial charge >= 0.3 is 0 Å².